The quantitative estimate of drug-likeness (QED) is 0.416. The first-order valence-electron chi connectivity index (χ1n) is 9.33. The molecule has 0 aliphatic carbocycles. The van der Waals surface area contributed by atoms with Crippen molar-refractivity contribution in [2.24, 2.45) is 10.7 Å². The highest BCUT2D eigenvalue weighted by molar-refractivity contribution is 5.79. The van der Waals surface area contributed by atoms with Gasteiger partial charge in [0.25, 0.3) is 5.91 Å². The van der Waals surface area contributed by atoms with E-state index in [-0.39, 0.29) is 24.3 Å². The number of rotatable bonds is 10. The highest BCUT2D eigenvalue weighted by atomic mass is 19.1. The SMILES string of the molecule is CN=C(NCCc1ccc(OCC(N)=O)cc1)NCC(C)Oc1ccccc1F. The molecule has 0 fully saturated rings. The minimum absolute atomic E-state index is 0.137. The van der Waals surface area contributed by atoms with E-state index in [0.717, 1.165) is 12.0 Å². The zero-order chi connectivity index (χ0) is 21.1. The maximum Gasteiger partial charge on any atom is 0.255 e. The van der Waals surface area contributed by atoms with E-state index in [1.54, 1.807) is 37.4 Å². The second kappa shape index (κ2) is 11.5. The molecule has 0 radical (unpaired) electrons. The lowest BCUT2D eigenvalue weighted by Crippen LogP contribution is -2.42. The summed E-state index contributed by atoms with van der Waals surface area (Å²) in [4.78, 5) is 14.9. The summed E-state index contributed by atoms with van der Waals surface area (Å²) in [5.41, 5.74) is 6.16. The Morgan fingerprint density at radius 2 is 1.90 bits per heavy atom. The van der Waals surface area contributed by atoms with E-state index < -0.39 is 5.91 Å². The summed E-state index contributed by atoms with van der Waals surface area (Å²) in [6.07, 6.45) is 0.538. The van der Waals surface area contributed by atoms with Gasteiger partial charge in [-0.1, -0.05) is 24.3 Å². The van der Waals surface area contributed by atoms with E-state index >= 15 is 0 Å². The Kier molecular flexibility index (Phi) is 8.75. The number of halogens is 1. The molecular weight excluding hydrogens is 375 g/mol. The van der Waals surface area contributed by atoms with E-state index in [0.29, 0.717) is 24.8 Å². The topological polar surface area (TPSA) is 98.0 Å². The van der Waals surface area contributed by atoms with Crippen LogP contribution in [0.5, 0.6) is 11.5 Å². The molecule has 2 rings (SSSR count). The smallest absolute Gasteiger partial charge is 0.255 e. The number of para-hydroxylation sites is 1. The summed E-state index contributed by atoms with van der Waals surface area (Å²) in [6.45, 7) is 2.86. The van der Waals surface area contributed by atoms with Gasteiger partial charge in [-0.25, -0.2) is 4.39 Å². The molecule has 0 saturated carbocycles. The molecule has 29 heavy (non-hydrogen) atoms. The number of ether oxygens (including phenoxy) is 2. The van der Waals surface area contributed by atoms with E-state index in [1.165, 1.54) is 6.07 Å². The number of carbonyl (C=O) groups is 1. The molecule has 0 spiro atoms. The highest BCUT2D eigenvalue weighted by Crippen LogP contribution is 2.16. The fourth-order valence-corrected chi connectivity index (χ4v) is 2.49. The van der Waals surface area contributed by atoms with Gasteiger partial charge in [0.2, 0.25) is 0 Å². The molecular formula is C21H27FN4O3. The van der Waals surface area contributed by atoms with Gasteiger partial charge in [0.15, 0.2) is 24.1 Å². The summed E-state index contributed by atoms with van der Waals surface area (Å²) in [6, 6.07) is 13.8. The number of nitrogens with one attached hydrogen (secondary N) is 2. The average molecular weight is 402 g/mol. The molecule has 0 heterocycles. The molecule has 1 atom stereocenters. The van der Waals surface area contributed by atoms with Crippen LogP contribution in [-0.4, -0.2) is 44.7 Å². The van der Waals surface area contributed by atoms with Crippen LogP contribution >= 0.6 is 0 Å². The molecule has 0 aliphatic heterocycles. The first kappa shape index (κ1) is 22.0. The fourth-order valence-electron chi connectivity index (χ4n) is 2.49. The number of aliphatic imine (C=N–C) groups is 1. The van der Waals surface area contributed by atoms with Crippen LogP contribution in [0, 0.1) is 5.82 Å². The molecule has 7 nitrogen and oxygen atoms in total. The maximum atomic E-state index is 13.6. The van der Waals surface area contributed by atoms with Crippen molar-refractivity contribution < 1.29 is 18.7 Å². The summed E-state index contributed by atoms with van der Waals surface area (Å²) >= 11 is 0. The number of benzene rings is 2. The Bertz CT molecular complexity index is 812. The lowest BCUT2D eigenvalue weighted by Gasteiger charge is -2.18. The zero-order valence-electron chi connectivity index (χ0n) is 16.7. The van der Waals surface area contributed by atoms with Gasteiger partial charge in [-0.05, 0) is 43.2 Å². The van der Waals surface area contributed by atoms with Crippen LogP contribution in [0.1, 0.15) is 12.5 Å². The predicted molar refractivity (Wildman–Crippen MR) is 111 cm³/mol. The number of hydrogen-bond acceptors (Lipinski definition) is 4. The number of guanidine groups is 1. The van der Waals surface area contributed by atoms with E-state index in [4.69, 9.17) is 15.2 Å². The first-order chi connectivity index (χ1) is 14.0. The lowest BCUT2D eigenvalue weighted by atomic mass is 10.1. The second-order valence-corrected chi connectivity index (χ2v) is 6.39. The van der Waals surface area contributed by atoms with Crippen LogP contribution in [-0.2, 0) is 11.2 Å². The maximum absolute atomic E-state index is 13.6. The van der Waals surface area contributed by atoms with Crippen molar-refractivity contribution in [2.45, 2.75) is 19.4 Å². The molecule has 0 saturated heterocycles. The normalized spacial score (nSPS) is 12.2. The van der Waals surface area contributed by atoms with Gasteiger partial charge in [-0.15, -0.1) is 0 Å². The monoisotopic (exact) mass is 402 g/mol. The van der Waals surface area contributed by atoms with Crippen LogP contribution < -0.4 is 25.8 Å². The van der Waals surface area contributed by atoms with Crippen molar-refractivity contribution in [1.29, 1.82) is 0 Å². The molecule has 0 aromatic heterocycles. The third-order valence-electron chi connectivity index (χ3n) is 3.96. The minimum Gasteiger partial charge on any atom is -0.486 e. The standard InChI is InChI=1S/C21H27FN4O3/c1-15(29-19-6-4-3-5-18(19)22)13-26-21(24-2)25-12-11-16-7-9-17(10-8-16)28-14-20(23)27/h3-10,15H,11-14H2,1-2H3,(H2,23,27)(H2,24,25,26). The van der Waals surface area contributed by atoms with Crippen molar-refractivity contribution in [3.8, 4) is 11.5 Å². The van der Waals surface area contributed by atoms with Crippen LogP contribution in [0.2, 0.25) is 0 Å². The Hall–Kier alpha value is -3.29. The van der Waals surface area contributed by atoms with E-state index in [1.807, 2.05) is 19.1 Å². The van der Waals surface area contributed by atoms with Gasteiger partial charge in [0, 0.05) is 13.6 Å². The third kappa shape index (κ3) is 8.08. The van der Waals surface area contributed by atoms with Crippen LogP contribution in [0.4, 0.5) is 4.39 Å². The minimum atomic E-state index is -0.509. The molecule has 8 heteroatoms. The number of primary amides is 1. The van der Waals surface area contributed by atoms with Crippen LogP contribution in [0.25, 0.3) is 0 Å². The molecule has 4 N–H and O–H groups in total. The summed E-state index contributed by atoms with van der Waals surface area (Å²) < 4.78 is 24.5. The zero-order valence-corrected chi connectivity index (χ0v) is 16.7. The van der Waals surface area contributed by atoms with Crippen LogP contribution in [0.3, 0.4) is 0 Å². The van der Waals surface area contributed by atoms with Gasteiger partial charge < -0.3 is 25.8 Å². The predicted octanol–water partition coefficient (Wildman–Crippen LogP) is 1.86. The summed E-state index contributed by atoms with van der Waals surface area (Å²) in [5.74, 6) is 0.573. The average Bonchev–Trinajstić information content (AvgIpc) is 2.71. The molecule has 0 bridgehead atoms. The van der Waals surface area contributed by atoms with Crippen molar-refractivity contribution in [3.63, 3.8) is 0 Å². The Morgan fingerprint density at radius 1 is 1.17 bits per heavy atom. The Labute approximate surface area is 170 Å². The number of hydrogen-bond donors (Lipinski definition) is 3. The van der Waals surface area contributed by atoms with Gasteiger partial charge in [-0.2, -0.15) is 0 Å². The van der Waals surface area contributed by atoms with E-state index in [9.17, 15) is 9.18 Å². The lowest BCUT2D eigenvalue weighted by molar-refractivity contribution is -0.119. The summed E-state index contributed by atoms with van der Waals surface area (Å²) in [7, 11) is 1.68. The number of carbonyl (C=O) groups excluding carboxylic acids is 1. The fraction of sp³-hybridized carbons (Fsp3) is 0.333. The third-order valence-corrected chi connectivity index (χ3v) is 3.96. The number of nitrogens with zero attached hydrogens (tertiary/aromatic N) is 1. The first-order valence-corrected chi connectivity index (χ1v) is 9.33. The van der Waals surface area contributed by atoms with E-state index in [2.05, 4.69) is 15.6 Å². The van der Waals surface area contributed by atoms with Crippen molar-refractivity contribution >= 4 is 11.9 Å². The highest BCUT2D eigenvalue weighted by Gasteiger charge is 2.09. The van der Waals surface area contributed by atoms with Crippen molar-refractivity contribution in [3.05, 3.63) is 59.9 Å². The molecule has 156 valence electrons. The largest absolute Gasteiger partial charge is 0.486 e. The van der Waals surface area contributed by atoms with Gasteiger partial charge in [-0.3, -0.25) is 9.79 Å². The van der Waals surface area contributed by atoms with Crippen molar-refractivity contribution in [1.82, 2.24) is 10.6 Å². The number of nitrogens with two attached hydrogens (primary N) is 1. The molecule has 2 aromatic carbocycles. The molecule has 0 aliphatic rings. The Balaban J connectivity index is 1.70. The van der Waals surface area contributed by atoms with Crippen molar-refractivity contribution in [2.75, 3.05) is 26.7 Å². The molecule has 1 amide bonds. The molecule has 1 unspecified atom stereocenters. The van der Waals surface area contributed by atoms with Crippen LogP contribution in [0.15, 0.2) is 53.5 Å². The molecule has 2 aromatic rings. The second-order valence-electron chi connectivity index (χ2n) is 6.39. The Morgan fingerprint density at radius 3 is 2.55 bits per heavy atom. The van der Waals surface area contributed by atoms with Gasteiger partial charge >= 0.3 is 0 Å². The summed E-state index contributed by atoms with van der Waals surface area (Å²) in [5, 5.41) is 6.38. The van der Waals surface area contributed by atoms with Gasteiger partial charge in [0.1, 0.15) is 11.9 Å². The number of amides is 1. The van der Waals surface area contributed by atoms with Gasteiger partial charge in [0.05, 0.1) is 6.54 Å².